The molecule has 0 spiro atoms. The van der Waals surface area contributed by atoms with E-state index in [1.165, 1.54) is 18.2 Å². The number of amidine groups is 1. The van der Waals surface area contributed by atoms with Crippen LogP contribution >= 0.6 is 11.8 Å². The molecule has 0 aromatic heterocycles. The summed E-state index contributed by atoms with van der Waals surface area (Å²) in [5.74, 6) is 1.73. The van der Waals surface area contributed by atoms with E-state index in [2.05, 4.69) is 6.92 Å². The lowest BCUT2D eigenvalue weighted by atomic mass is 9.85. The minimum absolute atomic E-state index is 0.0169. The highest BCUT2D eigenvalue weighted by Gasteiger charge is 2.41. The molecule has 0 unspecified atom stereocenters. The number of hydrogen-bond donors (Lipinski definition) is 0. The molecule has 2 aromatic rings. The van der Waals surface area contributed by atoms with E-state index in [1.54, 1.807) is 14.2 Å². The molecular formula is C25H28N2O3S. The number of hydrogen-bond acceptors (Lipinski definition) is 5. The van der Waals surface area contributed by atoms with Gasteiger partial charge in [-0.3, -0.25) is 9.69 Å². The molecule has 162 valence electrons. The Hall–Kier alpha value is -2.73. The molecule has 2 atom stereocenters. The Labute approximate surface area is 188 Å². The first kappa shape index (κ1) is 21.5. The van der Waals surface area contributed by atoms with Crippen molar-refractivity contribution in [2.45, 2.75) is 38.6 Å². The average Bonchev–Trinajstić information content (AvgIpc) is 3.09. The van der Waals surface area contributed by atoms with Crippen molar-refractivity contribution in [1.29, 1.82) is 0 Å². The van der Waals surface area contributed by atoms with Crippen LogP contribution in [0.5, 0.6) is 11.5 Å². The molecule has 1 amide bonds. The van der Waals surface area contributed by atoms with Crippen LogP contribution in [-0.4, -0.2) is 36.2 Å². The summed E-state index contributed by atoms with van der Waals surface area (Å²) in [6, 6.07) is 15.7. The van der Waals surface area contributed by atoms with E-state index < -0.39 is 0 Å². The number of amides is 1. The lowest BCUT2D eigenvalue weighted by molar-refractivity contribution is -0.124. The summed E-state index contributed by atoms with van der Waals surface area (Å²) >= 11 is 1.44. The van der Waals surface area contributed by atoms with Gasteiger partial charge in [-0.05, 0) is 54.8 Å². The van der Waals surface area contributed by atoms with E-state index in [9.17, 15) is 4.79 Å². The molecule has 1 saturated carbocycles. The fourth-order valence-electron chi connectivity index (χ4n) is 4.32. The van der Waals surface area contributed by atoms with Crippen LogP contribution in [0.3, 0.4) is 0 Å². The average molecular weight is 437 g/mol. The van der Waals surface area contributed by atoms with Crippen molar-refractivity contribution >= 4 is 34.6 Å². The number of carbonyl (C=O) groups excluding carboxylic acids is 1. The molecule has 4 rings (SSSR count). The molecule has 0 radical (unpaired) electrons. The highest BCUT2D eigenvalue weighted by atomic mass is 32.2. The highest BCUT2D eigenvalue weighted by molar-refractivity contribution is 8.18. The lowest BCUT2D eigenvalue weighted by Crippen LogP contribution is -2.44. The smallest absolute Gasteiger partial charge is 0.267 e. The molecule has 1 aliphatic carbocycles. The third-order valence-corrected chi connectivity index (χ3v) is 6.92. The summed E-state index contributed by atoms with van der Waals surface area (Å²) in [4.78, 5) is 21.0. The summed E-state index contributed by atoms with van der Waals surface area (Å²) in [6.45, 7) is 2.24. The second kappa shape index (κ2) is 9.60. The van der Waals surface area contributed by atoms with Gasteiger partial charge in [0.15, 0.2) is 16.7 Å². The first-order valence-electron chi connectivity index (χ1n) is 10.7. The quantitative estimate of drug-likeness (QED) is 0.549. The molecule has 2 aromatic carbocycles. The minimum Gasteiger partial charge on any atom is -0.493 e. The minimum atomic E-state index is 0.0169. The van der Waals surface area contributed by atoms with Crippen molar-refractivity contribution < 1.29 is 14.3 Å². The zero-order valence-corrected chi connectivity index (χ0v) is 19.0. The van der Waals surface area contributed by atoms with Gasteiger partial charge in [0.05, 0.1) is 24.8 Å². The van der Waals surface area contributed by atoms with Gasteiger partial charge in [-0.2, -0.15) is 0 Å². The fourth-order valence-corrected chi connectivity index (χ4v) is 5.35. The number of para-hydroxylation sites is 2. The lowest BCUT2D eigenvalue weighted by Gasteiger charge is -2.35. The Bertz CT molecular complexity index is 1000. The molecule has 1 heterocycles. The maximum atomic E-state index is 13.6. The third kappa shape index (κ3) is 4.49. The van der Waals surface area contributed by atoms with Crippen LogP contribution in [0, 0.1) is 5.92 Å². The molecule has 0 N–H and O–H groups in total. The molecule has 0 bridgehead atoms. The molecule has 31 heavy (non-hydrogen) atoms. The normalized spacial score (nSPS) is 24.1. The zero-order chi connectivity index (χ0) is 21.8. The Morgan fingerprint density at radius 1 is 1.03 bits per heavy atom. The van der Waals surface area contributed by atoms with Crippen LogP contribution in [0.1, 0.15) is 38.2 Å². The Morgan fingerprint density at radius 2 is 1.81 bits per heavy atom. The van der Waals surface area contributed by atoms with Crippen molar-refractivity contribution in [2.24, 2.45) is 10.9 Å². The van der Waals surface area contributed by atoms with Gasteiger partial charge in [-0.15, -0.1) is 0 Å². The van der Waals surface area contributed by atoms with Crippen molar-refractivity contribution in [3.8, 4) is 11.5 Å². The maximum absolute atomic E-state index is 13.6. The first-order valence-corrected chi connectivity index (χ1v) is 11.5. The third-order valence-electron chi connectivity index (χ3n) is 5.94. The van der Waals surface area contributed by atoms with E-state index in [4.69, 9.17) is 14.5 Å². The number of ether oxygens (including phenoxy) is 2. The topological polar surface area (TPSA) is 51.1 Å². The Balaban J connectivity index is 1.75. The van der Waals surface area contributed by atoms with Crippen molar-refractivity contribution in [1.82, 2.24) is 4.90 Å². The highest BCUT2D eigenvalue weighted by Crippen LogP contribution is 2.41. The maximum Gasteiger partial charge on any atom is 0.267 e. The molecule has 2 fully saturated rings. The van der Waals surface area contributed by atoms with Crippen LogP contribution in [0.25, 0.3) is 6.08 Å². The van der Waals surface area contributed by atoms with Crippen LogP contribution in [0.2, 0.25) is 0 Å². The number of methoxy groups -OCH3 is 2. The molecule has 6 heteroatoms. The van der Waals surface area contributed by atoms with Gasteiger partial charge in [-0.25, -0.2) is 4.99 Å². The summed E-state index contributed by atoms with van der Waals surface area (Å²) in [5, 5.41) is 0.753. The van der Waals surface area contributed by atoms with E-state index in [0.29, 0.717) is 22.3 Å². The van der Waals surface area contributed by atoms with E-state index in [1.807, 2.05) is 59.5 Å². The second-order valence-corrected chi connectivity index (χ2v) is 8.94. The molecule has 5 nitrogen and oxygen atoms in total. The fraction of sp³-hybridized carbons (Fsp3) is 0.360. The van der Waals surface area contributed by atoms with E-state index >= 15 is 0 Å². The van der Waals surface area contributed by atoms with Gasteiger partial charge < -0.3 is 9.47 Å². The predicted molar refractivity (Wildman–Crippen MR) is 127 cm³/mol. The summed E-state index contributed by atoms with van der Waals surface area (Å²) < 4.78 is 11.0. The van der Waals surface area contributed by atoms with Gasteiger partial charge in [0, 0.05) is 11.6 Å². The van der Waals surface area contributed by atoms with Crippen LogP contribution in [-0.2, 0) is 4.79 Å². The summed E-state index contributed by atoms with van der Waals surface area (Å²) in [5.41, 5.74) is 1.67. The monoisotopic (exact) mass is 436 g/mol. The molecule has 2 aliphatic rings. The summed E-state index contributed by atoms with van der Waals surface area (Å²) in [6.07, 6.45) is 6.41. The van der Waals surface area contributed by atoms with E-state index in [-0.39, 0.29) is 11.9 Å². The number of nitrogens with zero attached hydrogens (tertiary/aromatic N) is 2. The van der Waals surface area contributed by atoms with Crippen molar-refractivity contribution in [3.05, 3.63) is 59.0 Å². The van der Waals surface area contributed by atoms with Gasteiger partial charge in [0.1, 0.15) is 0 Å². The Morgan fingerprint density at radius 3 is 2.52 bits per heavy atom. The summed E-state index contributed by atoms with van der Waals surface area (Å²) in [7, 11) is 3.23. The molecular weight excluding hydrogens is 408 g/mol. The SMILES string of the molecule is COc1cccc(/C=C2\SC(=Nc3ccccc3)N([C@H]3CCCC[C@H]3C)C2=O)c1OC. The molecule has 1 aliphatic heterocycles. The number of thioether (sulfide) groups is 1. The molecule has 1 saturated heterocycles. The van der Waals surface area contributed by atoms with Crippen molar-refractivity contribution in [2.75, 3.05) is 14.2 Å². The van der Waals surface area contributed by atoms with Crippen LogP contribution < -0.4 is 9.47 Å². The number of aliphatic imine (C=N–C) groups is 1. The van der Waals surface area contributed by atoms with E-state index in [0.717, 1.165) is 35.7 Å². The largest absolute Gasteiger partial charge is 0.493 e. The Kier molecular flexibility index (Phi) is 6.66. The predicted octanol–water partition coefficient (Wildman–Crippen LogP) is 5.89. The number of benzene rings is 2. The van der Waals surface area contributed by atoms with Gasteiger partial charge in [0.2, 0.25) is 0 Å². The van der Waals surface area contributed by atoms with Crippen molar-refractivity contribution in [3.63, 3.8) is 0 Å². The standard InChI is InChI=1S/C25H28N2O3S/c1-17-10-7-8-14-20(17)27-24(28)22(31-25(27)26-19-12-5-4-6-13-19)16-18-11-9-15-21(29-2)23(18)30-3/h4-6,9,11-13,15-17,20H,7-8,10,14H2,1-3H3/b22-16-,26-25?/t17-,20+/m1/s1. The first-order chi connectivity index (χ1) is 15.1. The van der Waals surface area contributed by atoms with Gasteiger partial charge in [-0.1, -0.05) is 50.1 Å². The van der Waals surface area contributed by atoms with Gasteiger partial charge >= 0.3 is 0 Å². The zero-order valence-electron chi connectivity index (χ0n) is 18.2. The number of rotatable bonds is 5. The van der Waals surface area contributed by atoms with Crippen LogP contribution in [0.4, 0.5) is 5.69 Å². The second-order valence-electron chi connectivity index (χ2n) is 7.93. The van der Waals surface area contributed by atoms with Crippen LogP contribution in [0.15, 0.2) is 58.4 Å². The van der Waals surface area contributed by atoms with Gasteiger partial charge in [0.25, 0.3) is 5.91 Å². The number of carbonyl (C=O) groups is 1.